The number of rotatable bonds is 4. The van der Waals surface area contributed by atoms with Gasteiger partial charge in [-0.25, -0.2) is 5.01 Å². The molecule has 3 N–H and O–H groups in total. The molecule has 0 aromatic heterocycles. The molecule has 0 aromatic carbocycles. The molecule has 1 amide bonds. The zero-order valence-electron chi connectivity index (χ0n) is 13.1. The van der Waals surface area contributed by atoms with E-state index in [1.165, 1.54) is 32.1 Å². The standard InChI is InChI=1S/C16H31N3O/c1-12-5-3-6-13(2)19(12)18-16(20)15-8-4-7-14(11-15)9-10-17/h12-15H,3-11,17H2,1-2H3,(H,18,20). The first-order chi connectivity index (χ1) is 9.61. The summed E-state index contributed by atoms with van der Waals surface area (Å²) < 4.78 is 0. The van der Waals surface area contributed by atoms with E-state index in [9.17, 15) is 4.79 Å². The molecule has 0 aromatic rings. The van der Waals surface area contributed by atoms with Gasteiger partial charge in [0, 0.05) is 18.0 Å². The number of nitrogens with one attached hydrogen (secondary N) is 1. The van der Waals surface area contributed by atoms with Gasteiger partial charge in [0.1, 0.15) is 0 Å². The molecule has 2 aliphatic rings. The van der Waals surface area contributed by atoms with Crippen LogP contribution in [0.5, 0.6) is 0 Å². The lowest BCUT2D eigenvalue weighted by Crippen LogP contribution is -2.55. The SMILES string of the molecule is CC1CCCC(C)N1NC(=O)C1CCCC(CCN)C1. The molecular weight excluding hydrogens is 250 g/mol. The van der Waals surface area contributed by atoms with Gasteiger partial charge in [-0.1, -0.05) is 19.3 Å². The summed E-state index contributed by atoms with van der Waals surface area (Å²) in [4.78, 5) is 12.5. The Morgan fingerprint density at radius 1 is 1.15 bits per heavy atom. The number of nitrogens with two attached hydrogens (primary N) is 1. The summed E-state index contributed by atoms with van der Waals surface area (Å²) in [6.07, 6.45) is 9.21. The second-order valence-electron chi connectivity index (χ2n) is 6.82. The molecule has 116 valence electrons. The van der Waals surface area contributed by atoms with Crippen LogP contribution in [-0.4, -0.2) is 29.5 Å². The Hall–Kier alpha value is -0.610. The summed E-state index contributed by atoms with van der Waals surface area (Å²) in [6, 6.07) is 0.928. The number of carbonyl (C=O) groups is 1. The molecule has 2 rings (SSSR count). The molecule has 1 heterocycles. The molecule has 2 fully saturated rings. The van der Waals surface area contributed by atoms with E-state index < -0.39 is 0 Å². The largest absolute Gasteiger partial charge is 0.330 e. The molecule has 4 unspecified atom stereocenters. The van der Waals surface area contributed by atoms with Gasteiger partial charge >= 0.3 is 0 Å². The summed E-state index contributed by atoms with van der Waals surface area (Å²) in [7, 11) is 0. The minimum Gasteiger partial charge on any atom is -0.330 e. The predicted octanol–water partition coefficient (Wildman–Crippen LogP) is 2.44. The fourth-order valence-corrected chi connectivity index (χ4v) is 3.89. The van der Waals surface area contributed by atoms with Gasteiger partial charge in [-0.15, -0.1) is 0 Å². The first-order valence-corrected chi connectivity index (χ1v) is 8.40. The van der Waals surface area contributed by atoms with Crippen molar-refractivity contribution in [3.05, 3.63) is 0 Å². The summed E-state index contributed by atoms with van der Waals surface area (Å²) in [6.45, 7) is 5.18. The third-order valence-electron chi connectivity index (χ3n) is 5.16. The van der Waals surface area contributed by atoms with Crippen LogP contribution in [0.1, 0.15) is 65.2 Å². The summed E-state index contributed by atoms with van der Waals surface area (Å²) in [5.74, 6) is 1.09. The lowest BCUT2D eigenvalue weighted by Gasteiger charge is -2.40. The smallest absolute Gasteiger partial charge is 0.237 e. The van der Waals surface area contributed by atoms with E-state index in [0.717, 1.165) is 25.8 Å². The zero-order valence-corrected chi connectivity index (χ0v) is 13.1. The maximum absolute atomic E-state index is 12.5. The fourth-order valence-electron chi connectivity index (χ4n) is 3.89. The number of amides is 1. The third kappa shape index (κ3) is 3.95. The topological polar surface area (TPSA) is 58.4 Å². The van der Waals surface area contributed by atoms with Gasteiger partial charge in [0.25, 0.3) is 0 Å². The Kier molecular flexibility index (Phi) is 5.85. The van der Waals surface area contributed by atoms with Crippen molar-refractivity contribution < 1.29 is 4.79 Å². The lowest BCUT2D eigenvalue weighted by molar-refractivity contribution is -0.135. The summed E-state index contributed by atoms with van der Waals surface area (Å²) >= 11 is 0. The molecule has 4 nitrogen and oxygen atoms in total. The quantitative estimate of drug-likeness (QED) is 0.832. The predicted molar refractivity (Wildman–Crippen MR) is 81.9 cm³/mol. The van der Waals surface area contributed by atoms with Crippen LogP contribution in [0.25, 0.3) is 0 Å². The average molecular weight is 281 g/mol. The van der Waals surface area contributed by atoms with Crippen molar-refractivity contribution in [3.63, 3.8) is 0 Å². The number of carbonyl (C=O) groups excluding carboxylic acids is 1. The van der Waals surface area contributed by atoms with Crippen molar-refractivity contribution in [1.82, 2.24) is 10.4 Å². The molecule has 1 aliphatic heterocycles. The minimum atomic E-state index is 0.196. The van der Waals surface area contributed by atoms with E-state index in [-0.39, 0.29) is 11.8 Å². The van der Waals surface area contributed by atoms with Crippen molar-refractivity contribution in [1.29, 1.82) is 0 Å². The second-order valence-corrected chi connectivity index (χ2v) is 6.82. The molecule has 4 heteroatoms. The van der Waals surface area contributed by atoms with Crippen molar-refractivity contribution in [2.24, 2.45) is 17.6 Å². The Labute approximate surface area is 123 Å². The monoisotopic (exact) mass is 281 g/mol. The van der Waals surface area contributed by atoms with Gasteiger partial charge in [-0.05, 0) is 58.4 Å². The number of piperidine rings is 1. The average Bonchev–Trinajstić information content (AvgIpc) is 2.43. The van der Waals surface area contributed by atoms with Gasteiger partial charge in [0.05, 0.1) is 0 Å². The second kappa shape index (κ2) is 7.41. The van der Waals surface area contributed by atoms with Crippen LogP contribution in [0.4, 0.5) is 0 Å². The van der Waals surface area contributed by atoms with Crippen molar-refractivity contribution in [2.45, 2.75) is 77.3 Å². The highest BCUT2D eigenvalue weighted by molar-refractivity contribution is 5.78. The Bertz CT molecular complexity index is 309. The Balaban J connectivity index is 1.87. The fraction of sp³-hybridized carbons (Fsp3) is 0.938. The molecule has 0 bridgehead atoms. The van der Waals surface area contributed by atoms with Crippen LogP contribution in [-0.2, 0) is 4.79 Å². The van der Waals surface area contributed by atoms with Crippen LogP contribution >= 0.6 is 0 Å². The number of hydrogen-bond acceptors (Lipinski definition) is 3. The molecule has 1 saturated carbocycles. The highest BCUT2D eigenvalue weighted by Gasteiger charge is 2.31. The van der Waals surface area contributed by atoms with Crippen LogP contribution in [0, 0.1) is 11.8 Å². The van der Waals surface area contributed by atoms with Crippen molar-refractivity contribution in [3.8, 4) is 0 Å². The van der Waals surface area contributed by atoms with Gasteiger partial charge in [0.15, 0.2) is 0 Å². The molecule has 0 radical (unpaired) electrons. The number of hydrazine groups is 1. The van der Waals surface area contributed by atoms with E-state index in [0.29, 0.717) is 18.0 Å². The van der Waals surface area contributed by atoms with Gasteiger partial charge in [0.2, 0.25) is 5.91 Å². The normalized spacial score (nSPS) is 35.8. The van der Waals surface area contributed by atoms with Gasteiger partial charge < -0.3 is 5.73 Å². The maximum Gasteiger partial charge on any atom is 0.237 e. The van der Waals surface area contributed by atoms with E-state index in [2.05, 4.69) is 24.3 Å². The Morgan fingerprint density at radius 2 is 1.80 bits per heavy atom. The first-order valence-electron chi connectivity index (χ1n) is 8.40. The highest BCUT2D eigenvalue weighted by Crippen LogP contribution is 2.31. The van der Waals surface area contributed by atoms with Gasteiger partial charge in [-0.3, -0.25) is 10.2 Å². The Morgan fingerprint density at radius 3 is 2.45 bits per heavy atom. The summed E-state index contributed by atoms with van der Waals surface area (Å²) in [5.41, 5.74) is 8.87. The maximum atomic E-state index is 12.5. The van der Waals surface area contributed by atoms with Crippen molar-refractivity contribution >= 4 is 5.91 Å². The van der Waals surface area contributed by atoms with Crippen molar-refractivity contribution in [2.75, 3.05) is 6.54 Å². The third-order valence-corrected chi connectivity index (χ3v) is 5.16. The number of nitrogens with zero attached hydrogens (tertiary/aromatic N) is 1. The lowest BCUT2D eigenvalue weighted by atomic mass is 9.79. The molecule has 1 aliphatic carbocycles. The van der Waals surface area contributed by atoms with E-state index in [4.69, 9.17) is 5.73 Å². The summed E-state index contributed by atoms with van der Waals surface area (Å²) in [5, 5.41) is 2.19. The molecular formula is C16H31N3O. The van der Waals surface area contributed by atoms with E-state index >= 15 is 0 Å². The van der Waals surface area contributed by atoms with Crippen LogP contribution in [0.2, 0.25) is 0 Å². The number of hydrogen-bond donors (Lipinski definition) is 2. The molecule has 1 saturated heterocycles. The van der Waals surface area contributed by atoms with E-state index in [1.54, 1.807) is 0 Å². The zero-order chi connectivity index (χ0) is 14.5. The van der Waals surface area contributed by atoms with Crippen LogP contribution in [0.3, 0.4) is 0 Å². The molecule has 4 atom stereocenters. The molecule has 0 spiro atoms. The highest BCUT2D eigenvalue weighted by atomic mass is 16.2. The van der Waals surface area contributed by atoms with Crippen LogP contribution in [0.15, 0.2) is 0 Å². The van der Waals surface area contributed by atoms with E-state index in [1.807, 2.05) is 0 Å². The van der Waals surface area contributed by atoms with Crippen LogP contribution < -0.4 is 11.2 Å². The first kappa shape index (κ1) is 15.8. The van der Waals surface area contributed by atoms with Gasteiger partial charge in [-0.2, -0.15) is 0 Å². The minimum absolute atomic E-state index is 0.196. The molecule has 20 heavy (non-hydrogen) atoms.